The largest absolute Gasteiger partial charge is 0.455 e. The van der Waals surface area contributed by atoms with Gasteiger partial charge >= 0.3 is 0 Å². The van der Waals surface area contributed by atoms with E-state index in [0.29, 0.717) is 22.4 Å². The number of hydrogen-bond acceptors (Lipinski definition) is 6. The number of anilines is 1. The van der Waals surface area contributed by atoms with Gasteiger partial charge in [0.15, 0.2) is 11.0 Å². The Kier molecular flexibility index (Phi) is 6.17. The van der Waals surface area contributed by atoms with Crippen LogP contribution < -0.4 is 16.1 Å². The Morgan fingerprint density at radius 1 is 0.970 bits per heavy atom. The van der Waals surface area contributed by atoms with E-state index in [2.05, 4.69) is 10.6 Å². The van der Waals surface area contributed by atoms with Crippen LogP contribution in [0, 0.1) is 17.0 Å². The van der Waals surface area contributed by atoms with Crippen LogP contribution in [0.25, 0.3) is 22.3 Å². The SMILES string of the molecule is Cc1c(-c2ccccc2)oc2c(C(=O)NCCNc3ccccc3[N+](=O)[O-])cccc2c1=O. The zero-order valence-corrected chi connectivity index (χ0v) is 17.8. The van der Waals surface area contributed by atoms with Crippen LogP contribution in [0.4, 0.5) is 11.4 Å². The minimum atomic E-state index is -0.467. The van der Waals surface area contributed by atoms with Crippen LogP contribution >= 0.6 is 0 Å². The zero-order valence-electron chi connectivity index (χ0n) is 17.8. The van der Waals surface area contributed by atoms with Crippen LogP contribution in [0.1, 0.15) is 15.9 Å². The first kappa shape index (κ1) is 21.8. The van der Waals surface area contributed by atoms with Gasteiger partial charge in [-0.15, -0.1) is 0 Å². The molecule has 4 rings (SSSR count). The number of nitro groups is 1. The monoisotopic (exact) mass is 443 g/mol. The Morgan fingerprint density at radius 3 is 2.45 bits per heavy atom. The fraction of sp³-hybridized carbons (Fsp3) is 0.120. The van der Waals surface area contributed by atoms with Crippen LogP contribution in [-0.2, 0) is 0 Å². The number of carbonyl (C=O) groups excluding carboxylic acids is 1. The number of fused-ring (bicyclic) bond motifs is 1. The van der Waals surface area contributed by atoms with Crippen LogP contribution in [-0.4, -0.2) is 23.9 Å². The predicted molar refractivity (Wildman–Crippen MR) is 127 cm³/mol. The summed E-state index contributed by atoms with van der Waals surface area (Å²) in [7, 11) is 0. The van der Waals surface area contributed by atoms with E-state index in [9.17, 15) is 19.7 Å². The molecule has 8 nitrogen and oxygen atoms in total. The maximum absolute atomic E-state index is 12.9. The number of carbonyl (C=O) groups is 1. The molecule has 3 aromatic carbocycles. The highest BCUT2D eigenvalue weighted by molar-refractivity contribution is 6.05. The number of hydrogen-bond donors (Lipinski definition) is 2. The number of para-hydroxylation sites is 3. The maximum Gasteiger partial charge on any atom is 0.292 e. The van der Waals surface area contributed by atoms with Crippen molar-refractivity contribution in [1.82, 2.24) is 5.32 Å². The lowest BCUT2D eigenvalue weighted by Crippen LogP contribution is -2.29. The second kappa shape index (κ2) is 9.35. The summed E-state index contributed by atoms with van der Waals surface area (Å²) in [5, 5.41) is 17.2. The van der Waals surface area contributed by atoms with E-state index in [1.807, 2.05) is 30.3 Å². The first-order valence-electron chi connectivity index (χ1n) is 10.3. The molecule has 0 unspecified atom stereocenters. The topological polar surface area (TPSA) is 114 Å². The summed E-state index contributed by atoms with van der Waals surface area (Å²) in [6.45, 7) is 2.19. The predicted octanol–water partition coefficient (Wildman–Crippen LogP) is 4.52. The van der Waals surface area contributed by atoms with Gasteiger partial charge in [-0.3, -0.25) is 19.7 Å². The van der Waals surface area contributed by atoms with Gasteiger partial charge in [0.1, 0.15) is 11.4 Å². The summed E-state index contributed by atoms with van der Waals surface area (Å²) in [6.07, 6.45) is 0. The molecule has 0 bridgehead atoms. The van der Waals surface area contributed by atoms with Crippen LogP contribution in [0.2, 0.25) is 0 Å². The highest BCUT2D eigenvalue weighted by Gasteiger charge is 2.18. The second-order valence-electron chi connectivity index (χ2n) is 7.39. The number of benzene rings is 3. The Balaban J connectivity index is 1.56. The van der Waals surface area contributed by atoms with Gasteiger partial charge in [-0.2, -0.15) is 0 Å². The Bertz CT molecular complexity index is 1400. The normalized spacial score (nSPS) is 10.7. The molecule has 0 aliphatic rings. The van der Waals surface area contributed by atoms with Crippen molar-refractivity contribution in [2.45, 2.75) is 6.92 Å². The van der Waals surface area contributed by atoms with Gasteiger partial charge in [0, 0.05) is 30.3 Å². The Morgan fingerprint density at radius 2 is 1.70 bits per heavy atom. The molecule has 33 heavy (non-hydrogen) atoms. The number of nitrogens with one attached hydrogen (secondary N) is 2. The van der Waals surface area contributed by atoms with Gasteiger partial charge in [0.25, 0.3) is 11.6 Å². The summed E-state index contributed by atoms with van der Waals surface area (Å²) in [4.78, 5) is 36.5. The lowest BCUT2D eigenvalue weighted by atomic mass is 10.0. The minimum absolute atomic E-state index is 0.0385. The van der Waals surface area contributed by atoms with Crippen molar-refractivity contribution >= 4 is 28.3 Å². The molecular weight excluding hydrogens is 422 g/mol. The van der Waals surface area contributed by atoms with Crippen molar-refractivity contribution in [3.05, 3.63) is 104 Å². The minimum Gasteiger partial charge on any atom is -0.455 e. The molecule has 0 spiro atoms. The first-order chi connectivity index (χ1) is 16.0. The fourth-order valence-corrected chi connectivity index (χ4v) is 3.60. The number of nitrogens with zero attached hydrogens (tertiary/aromatic N) is 1. The van der Waals surface area contributed by atoms with E-state index in [0.717, 1.165) is 5.56 Å². The Labute approximate surface area is 189 Å². The molecule has 0 aliphatic heterocycles. The molecule has 1 heterocycles. The van der Waals surface area contributed by atoms with E-state index in [1.54, 1.807) is 43.3 Å². The highest BCUT2D eigenvalue weighted by Crippen LogP contribution is 2.27. The summed E-state index contributed by atoms with van der Waals surface area (Å²) >= 11 is 0. The molecule has 2 N–H and O–H groups in total. The molecular formula is C25H21N3O5. The summed E-state index contributed by atoms with van der Waals surface area (Å²) in [5.41, 5.74) is 1.82. The molecule has 0 saturated heterocycles. The molecule has 4 aromatic rings. The lowest BCUT2D eigenvalue weighted by Gasteiger charge is -2.11. The number of rotatable bonds is 7. The number of nitro benzene ring substituents is 1. The molecule has 0 saturated carbocycles. The quantitative estimate of drug-likeness (QED) is 0.247. The molecule has 0 fully saturated rings. The molecule has 8 heteroatoms. The zero-order chi connectivity index (χ0) is 23.4. The third-order valence-electron chi connectivity index (χ3n) is 5.25. The van der Waals surface area contributed by atoms with Gasteiger partial charge in [-0.1, -0.05) is 48.5 Å². The van der Waals surface area contributed by atoms with E-state index in [1.165, 1.54) is 6.07 Å². The van der Waals surface area contributed by atoms with Gasteiger partial charge in [0.05, 0.1) is 15.9 Å². The van der Waals surface area contributed by atoms with Crippen LogP contribution in [0.3, 0.4) is 0 Å². The summed E-state index contributed by atoms with van der Waals surface area (Å²) in [6, 6.07) is 20.4. The van der Waals surface area contributed by atoms with Crippen molar-refractivity contribution in [3.63, 3.8) is 0 Å². The molecule has 0 radical (unpaired) electrons. The Hall–Kier alpha value is -4.46. The molecule has 166 valence electrons. The second-order valence-corrected chi connectivity index (χ2v) is 7.39. The van der Waals surface area contributed by atoms with Gasteiger partial charge in [0.2, 0.25) is 0 Å². The summed E-state index contributed by atoms with van der Waals surface area (Å²) < 4.78 is 6.08. The lowest BCUT2D eigenvalue weighted by molar-refractivity contribution is -0.384. The van der Waals surface area contributed by atoms with Crippen LogP contribution in [0.15, 0.2) is 82.0 Å². The average molecular weight is 443 g/mol. The molecule has 1 aromatic heterocycles. The van der Waals surface area contributed by atoms with Crippen LogP contribution in [0.5, 0.6) is 0 Å². The molecule has 0 aliphatic carbocycles. The first-order valence-corrected chi connectivity index (χ1v) is 10.3. The van der Waals surface area contributed by atoms with E-state index in [4.69, 9.17) is 4.42 Å². The average Bonchev–Trinajstić information content (AvgIpc) is 2.84. The van der Waals surface area contributed by atoms with Crippen molar-refractivity contribution in [2.24, 2.45) is 0 Å². The third-order valence-corrected chi connectivity index (χ3v) is 5.25. The molecule has 1 amide bonds. The maximum atomic E-state index is 12.9. The van der Waals surface area contributed by atoms with E-state index < -0.39 is 10.8 Å². The van der Waals surface area contributed by atoms with Gasteiger partial charge in [-0.05, 0) is 25.1 Å². The van der Waals surface area contributed by atoms with E-state index in [-0.39, 0.29) is 35.4 Å². The molecule has 0 atom stereocenters. The van der Waals surface area contributed by atoms with Crippen molar-refractivity contribution < 1.29 is 14.1 Å². The van der Waals surface area contributed by atoms with Gasteiger partial charge < -0.3 is 15.1 Å². The van der Waals surface area contributed by atoms with Crippen molar-refractivity contribution in [1.29, 1.82) is 0 Å². The summed E-state index contributed by atoms with van der Waals surface area (Å²) in [5.74, 6) is 0.0161. The van der Waals surface area contributed by atoms with Crippen molar-refractivity contribution in [2.75, 3.05) is 18.4 Å². The van der Waals surface area contributed by atoms with E-state index >= 15 is 0 Å². The third kappa shape index (κ3) is 4.45. The standard InChI is InChI=1S/C25H21N3O5/c1-16-22(29)18-10-7-11-19(24(18)33-23(16)17-8-3-2-4-9-17)25(30)27-15-14-26-20-12-5-6-13-21(20)28(31)32/h2-13,26H,14-15H2,1H3,(H,27,30). The van der Waals surface area contributed by atoms with Gasteiger partial charge in [-0.25, -0.2) is 0 Å². The smallest absolute Gasteiger partial charge is 0.292 e. The fourth-order valence-electron chi connectivity index (χ4n) is 3.60. The number of amides is 1. The van der Waals surface area contributed by atoms with Crippen molar-refractivity contribution in [3.8, 4) is 11.3 Å². The highest BCUT2D eigenvalue weighted by atomic mass is 16.6.